The van der Waals surface area contributed by atoms with Crippen LogP contribution in [0.15, 0.2) is 23.1 Å². The smallest absolute Gasteiger partial charge is 0.341 e. The third-order valence-corrected chi connectivity index (χ3v) is 7.38. The summed E-state index contributed by atoms with van der Waals surface area (Å²) in [4.78, 5) is 23.7. The van der Waals surface area contributed by atoms with E-state index in [4.69, 9.17) is 4.74 Å². The lowest BCUT2D eigenvalue weighted by Crippen LogP contribution is -2.17. The van der Waals surface area contributed by atoms with Crippen LogP contribution in [0, 0.1) is 17.0 Å². The summed E-state index contributed by atoms with van der Waals surface area (Å²) in [6, 6.07) is 3.66. The highest BCUT2D eigenvalue weighted by atomic mass is 32.2. The van der Waals surface area contributed by atoms with Crippen molar-refractivity contribution in [3.8, 4) is 0 Å². The first-order valence-electron chi connectivity index (χ1n) is 8.84. The summed E-state index contributed by atoms with van der Waals surface area (Å²) in [6.45, 7) is 3.43. The van der Waals surface area contributed by atoms with E-state index < -0.39 is 20.9 Å². The van der Waals surface area contributed by atoms with Crippen molar-refractivity contribution in [3.63, 3.8) is 0 Å². The summed E-state index contributed by atoms with van der Waals surface area (Å²) in [5, 5.41) is 11.2. The van der Waals surface area contributed by atoms with Gasteiger partial charge in [0, 0.05) is 17.0 Å². The van der Waals surface area contributed by atoms with Crippen molar-refractivity contribution in [2.45, 2.75) is 44.4 Å². The first-order valence-corrected chi connectivity index (χ1v) is 11.1. The molecule has 2 aromatic rings. The molecule has 1 aliphatic carbocycles. The monoisotopic (exact) mass is 424 g/mol. The van der Waals surface area contributed by atoms with Crippen molar-refractivity contribution in [3.05, 3.63) is 49.9 Å². The number of nitro groups is 1. The Bertz CT molecular complexity index is 1040. The molecule has 1 N–H and O–H groups in total. The second-order valence-corrected chi connectivity index (χ2v) is 9.20. The van der Waals surface area contributed by atoms with Crippen molar-refractivity contribution < 1.29 is 22.9 Å². The van der Waals surface area contributed by atoms with Gasteiger partial charge in [-0.25, -0.2) is 13.2 Å². The number of non-ortho nitro benzene ring substituents is 1. The summed E-state index contributed by atoms with van der Waals surface area (Å²) in [5.41, 5.74) is 1.15. The van der Waals surface area contributed by atoms with Crippen LogP contribution in [-0.2, 0) is 27.6 Å². The Kier molecular flexibility index (Phi) is 5.71. The largest absolute Gasteiger partial charge is 0.462 e. The topological polar surface area (TPSA) is 116 Å². The van der Waals surface area contributed by atoms with Crippen LogP contribution in [0.1, 0.15) is 46.1 Å². The van der Waals surface area contributed by atoms with Crippen molar-refractivity contribution in [2.75, 3.05) is 11.3 Å². The molecular formula is C18H20N2O6S2. The molecule has 3 rings (SSSR count). The third kappa shape index (κ3) is 3.88. The Hall–Kier alpha value is -2.46. The van der Waals surface area contributed by atoms with Crippen LogP contribution < -0.4 is 4.72 Å². The van der Waals surface area contributed by atoms with Crippen molar-refractivity contribution in [2.24, 2.45) is 0 Å². The quantitative estimate of drug-likeness (QED) is 0.428. The predicted molar refractivity (Wildman–Crippen MR) is 106 cm³/mol. The van der Waals surface area contributed by atoms with Gasteiger partial charge >= 0.3 is 5.97 Å². The number of thiophene rings is 1. The summed E-state index contributed by atoms with van der Waals surface area (Å²) in [5.74, 6) is -0.560. The zero-order chi connectivity index (χ0) is 20.5. The molecule has 0 aliphatic heterocycles. The third-order valence-electron chi connectivity index (χ3n) is 4.55. The number of sulfonamides is 1. The molecule has 0 atom stereocenters. The number of nitro benzene ring substituents is 1. The van der Waals surface area contributed by atoms with Gasteiger partial charge in [0.15, 0.2) is 0 Å². The maximum atomic E-state index is 13.0. The normalized spacial score (nSPS) is 13.6. The summed E-state index contributed by atoms with van der Waals surface area (Å²) >= 11 is 1.23. The van der Waals surface area contributed by atoms with E-state index in [1.165, 1.54) is 23.5 Å². The number of rotatable bonds is 6. The second-order valence-electron chi connectivity index (χ2n) is 6.45. The molecule has 0 unspecified atom stereocenters. The maximum Gasteiger partial charge on any atom is 0.341 e. The highest BCUT2D eigenvalue weighted by Gasteiger charge is 2.30. The number of ether oxygens (including phenoxy) is 1. The number of anilines is 1. The van der Waals surface area contributed by atoms with E-state index in [2.05, 4.69) is 4.72 Å². The molecule has 0 spiro atoms. The van der Waals surface area contributed by atoms with E-state index >= 15 is 0 Å². The van der Waals surface area contributed by atoms with E-state index in [1.807, 2.05) is 0 Å². The molecule has 0 radical (unpaired) electrons. The molecule has 10 heteroatoms. The number of nitrogens with one attached hydrogen (secondary N) is 1. The Morgan fingerprint density at radius 2 is 2.04 bits per heavy atom. The van der Waals surface area contributed by atoms with E-state index in [-0.39, 0.29) is 27.8 Å². The van der Waals surface area contributed by atoms with E-state index in [9.17, 15) is 23.3 Å². The fourth-order valence-electron chi connectivity index (χ4n) is 3.23. The number of nitrogens with zero attached hydrogens (tertiary/aromatic N) is 1. The number of fused-ring (bicyclic) bond motifs is 1. The molecule has 0 saturated heterocycles. The SMILES string of the molecule is CCOC(=O)c1c(NS(=O)(=O)c2cc([N+](=O)[O-])ccc2C)sc2c1CCCC2. The van der Waals surface area contributed by atoms with Gasteiger partial charge in [0.1, 0.15) is 5.00 Å². The van der Waals surface area contributed by atoms with E-state index in [0.29, 0.717) is 12.0 Å². The van der Waals surface area contributed by atoms with Crippen molar-refractivity contribution >= 4 is 38.0 Å². The highest BCUT2D eigenvalue weighted by Crippen LogP contribution is 2.40. The number of carbonyl (C=O) groups is 1. The molecule has 1 heterocycles. The molecule has 1 aliphatic rings. The van der Waals surface area contributed by atoms with Gasteiger partial charge in [-0.2, -0.15) is 0 Å². The van der Waals surface area contributed by atoms with Gasteiger partial charge in [-0.05, 0) is 50.7 Å². The van der Waals surface area contributed by atoms with Crippen LogP contribution in [0.2, 0.25) is 0 Å². The second kappa shape index (κ2) is 7.88. The molecule has 0 saturated carbocycles. The van der Waals surface area contributed by atoms with Gasteiger partial charge in [-0.1, -0.05) is 6.07 Å². The Morgan fingerprint density at radius 1 is 1.32 bits per heavy atom. The molecule has 0 amide bonds. The number of hydrogen-bond acceptors (Lipinski definition) is 7. The Morgan fingerprint density at radius 3 is 2.71 bits per heavy atom. The lowest BCUT2D eigenvalue weighted by molar-refractivity contribution is -0.385. The molecule has 150 valence electrons. The summed E-state index contributed by atoms with van der Waals surface area (Å²) in [7, 11) is -4.12. The molecule has 1 aromatic heterocycles. The average molecular weight is 425 g/mol. The molecule has 8 nitrogen and oxygen atoms in total. The van der Waals surface area contributed by atoms with E-state index in [1.54, 1.807) is 13.8 Å². The van der Waals surface area contributed by atoms with Crippen LogP contribution in [0.5, 0.6) is 0 Å². The predicted octanol–water partition coefficient (Wildman–Crippen LogP) is 3.82. The van der Waals surface area contributed by atoms with Gasteiger partial charge in [-0.15, -0.1) is 11.3 Å². The first kappa shape index (κ1) is 20.3. The minimum atomic E-state index is -4.12. The van der Waals surface area contributed by atoms with Crippen LogP contribution in [0.3, 0.4) is 0 Å². The average Bonchev–Trinajstić information content (AvgIpc) is 2.98. The zero-order valence-corrected chi connectivity index (χ0v) is 17.1. The fourth-order valence-corrected chi connectivity index (χ4v) is 6.07. The molecule has 1 aromatic carbocycles. The van der Waals surface area contributed by atoms with Gasteiger partial charge in [-0.3, -0.25) is 14.8 Å². The minimum Gasteiger partial charge on any atom is -0.462 e. The molecule has 0 fully saturated rings. The number of aryl methyl sites for hydroxylation is 2. The fraction of sp³-hybridized carbons (Fsp3) is 0.389. The number of benzene rings is 1. The standard InChI is InChI=1S/C18H20N2O6S2/c1-3-26-18(21)16-13-6-4-5-7-14(13)27-17(16)19-28(24,25)15-10-12(20(22)23)9-8-11(15)2/h8-10,19H,3-7H2,1-2H3. The lowest BCUT2D eigenvalue weighted by Gasteiger charge is -2.13. The lowest BCUT2D eigenvalue weighted by atomic mass is 9.95. The Labute approximate surface area is 166 Å². The number of esters is 1. The van der Waals surface area contributed by atoms with Crippen molar-refractivity contribution in [1.82, 2.24) is 0 Å². The summed E-state index contributed by atoms with van der Waals surface area (Å²) in [6.07, 6.45) is 3.37. The molecular weight excluding hydrogens is 404 g/mol. The minimum absolute atomic E-state index is 0.180. The highest BCUT2D eigenvalue weighted by molar-refractivity contribution is 7.93. The molecule has 0 bridgehead atoms. The number of carbonyl (C=O) groups excluding carboxylic acids is 1. The Balaban J connectivity index is 2.06. The first-order chi connectivity index (χ1) is 13.2. The van der Waals surface area contributed by atoms with Crippen LogP contribution in [0.25, 0.3) is 0 Å². The van der Waals surface area contributed by atoms with Gasteiger partial charge in [0.05, 0.1) is 22.0 Å². The number of hydrogen-bond donors (Lipinski definition) is 1. The van der Waals surface area contributed by atoms with Crippen LogP contribution in [-0.4, -0.2) is 25.9 Å². The van der Waals surface area contributed by atoms with Gasteiger partial charge < -0.3 is 4.74 Å². The zero-order valence-electron chi connectivity index (χ0n) is 15.5. The van der Waals surface area contributed by atoms with E-state index in [0.717, 1.165) is 35.8 Å². The van der Waals surface area contributed by atoms with Crippen LogP contribution >= 0.6 is 11.3 Å². The summed E-state index contributed by atoms with van der Waals surface area (Å²) < 4.78 is 33.5. The van der Waals surface area contributed by atoms with Gasteiger partial charge in [0.2, 0.25) is 0 Å². The van der Waals surface area contributed by atoms with Gasteiger partial charge in [0.25, 0.3) is 15.7 Å². The van der Waals surface area contributed by atoms with Crippen LogP contribution in [0.4, 0.5) is 10.7 Å². The van der Waals surface area contributed by atoms with Crippen molar-refractivity contribution in [1.29, 1.82) is 0 Å². The molecule has 28 heavy (non-hydrogen) atoms. The maximum absolute atomic E-state index is 13.0.